The molecular weight excluding hydrogens is 176 g/mol. The minimum Gasteiger partial charge on any atom is -0.429 e. The van der Waals surface area contributed by atoms with Gasteiger partial charge in [0.05, 0.1) is 5.69 Å². The summed E-state index contributed by atoms with van der Waals surface area (Å²) < 4.78 is 5.45. The molecule has 1 aromatic heterocycles. The minimum absolute atomic E-state index is 0.649. The van der Waals surface area contributed by atoms with Crippen molar-refractivity contribution < 1.29 is 4.42 Å². The van der Waals surface area contributed by atoms with Gasteiger partial charge in [-0.2, -0.15) is 4.98 Å². The third-order valence-electron chi connectivity index (χ3n) is 3.06. The van der Waals surface area contributed by atoms with Gasteiger partial charge in [0.2, 0.25) is 0 Å². The molecule has 1 heterocycles. The normalized spacial score (nSPS) is 17.6. The molecule has 0 radical (unpaired) electrons. The van der Waals surface area contributed by atoms with Gasteiger partial charge in [-0.15, -0.1) is 0 Å². The molecule has 0 amide bonds. The zero-order chi connectivity index (χ0) is 9.97. The summed E-state index contributed by atoms with van der Waals surface area (Å²) in [6, 6.07) is 0.649. The van der Waals surface area contributed by atoms with E-state index in [9.17, 15) is 0 Å². The second-order valence-corrected chi connectivity index (χ2v) is 4.13. The highest BCUT2D eigenvalue weighted by molar-refractivity contribution is 5.24. The van der Waals surface area contributed by atoms with E-state index in [0.717, 1.165) is 23.8 Å². The van der Waals surface area contributed by atoms with Crippen LogP contribution in [-0.4, -0.2) is 12.0 Å². The first-order valence-corrected chi connectivity index (χ1v) is 5.43. The van der Waals surface area contributed by atoms with Gasteiger partial charge in [0.15, 0.2) is 0 Å². The average Bonchev–Trinajstić information content (AvgIpc) is 2.78. The van der Waals surface area contributed by atoms with Crippen molar-refractivity contribution in [1.82, 2.24) is 4.98 Å². The standard InChI is InChI=1S/C11H18N2O/c1-8-10(13-11(12-2)14-8)7-9-5-3-4-6-9/h9H,3-7H2,1-2H3,(H,12,13). The molecule has 0 atom stereocenters. The summed E-state index contributed by atoms with van der Waals surface area (Å²) in [5.74, 6) is 1.81. The molecule has 1 saturated carbocycles. The first-order chi connectivity index (χ1) is 6.79. The molecule has 0 spiro atoms. The maximum absolute atomic E-state index is 5.45. The van der Waals surface area contributed by atoms with Gasteiger partial charge in [-0.1, -0.05) is 25.7 Å². The summed E-state index contributed by atoms with van der Waals surface area (Å²) in [7, 11) is 1.84. The Kier molecular flexibility index (Phi) is 2.75. The van der Waals surface area contributed by atoms with Crippen LogP contribution in [0.15, 0.2) is 4.42 Å². The van der Waals surface area contributed by atoms with E-state index in [1.54, 1.807) is 0 Å². The van der Waals surface area contributed by atoms with Crippen LogP contribution in [0.2, 0.25) is 0 Å². The number of oxazole rings is 1. The average molecular weight is 194 g/mol. The highest BCUT2D eigenvalue weighted by atomic mass is 16.4. The van der Waals surface area contributed by atoms with Gasteiger partial charge in [-0.25, -0.2) is 0 Å². The van der Waals surface area contributed by atoms with Crippen LogP contribution >= 0.6 is 0 Å². The molecule has 3 nitrogen and oxygen atoms in total. The highest BCUT2D eigenvalue weighted by Crippen LogP contribution is 2.29. The number of hydrogen-bond acceptors (Lipinski definition) is 3. The van der Waals surface area contributed by atoms with E-state index >= 15 is 0 Å². The topological polar surface area (TPSA) is 38.1 Å². The predicted octanol–water partition coefficient (Wildman–Crippen LogP) is 2.76. The van der Waals surface area contributed by atoms with Crippen LogP contribution in [0.25, 0.3) is 0 Å². The van der Waals surface area contributed by atoms with Crippen molar-refractivity contribution >= 4 is 6.01 Å². The fourth-order valence-electron chi connectivity index (χ4n) is 2.21. The number of anilines is 1. The van der Waals surface area contributed by atoms with E-state index in [1.165, 1.54) is 25.7 Å². The van der Waals surface area contributed by atoms with Crippen molar-refractivity contribution in [3.05, 3.63) is 11.5 Å². The lowest BCUT2D eigenvalue weighted by atomic mass is 10.0. The Morgan fingerprint density at radius 3 is 2.71 bits per heavy atom. The Bertz CT molecular complexity index is 300. The molecule has 1 aliphatic rings. The van der Waals surface area contributed by atoms with Crippen LogP contribution in [0.1, 0.15) is 37.1 Å². The molecule has 0 bridgehead atoms. The van der Waals surface area contributed by atoms with Crippen LogP contribution in [0.5, 0.6) is 0 Å². The second kappa shape index (κ2) is 4.03. The molecule has 1 aliphatic carbocycles. The molecule has 2 rings (SSSR count). The molecule has 1 aromatic rings. The molecule has 0 aromatic carbocycles. The predicted molar refractivity (Wildman–Crippen MR) is 56.4 cm³/mol. The third-order valence-corrected chi connectivity index (χ3v) is 3.06. The Hall–Kier alpha value is -0.990. The Morgan fingerprint density at radius 1 is 1.43 bits per heavy atom. The van der Waals surface area contributed by atoms with Crippen LogP contribution in [0.4, 0.5) is 6.01 Å². The zero-order valence-corrected chi connectivity index (χ0v) is 8.97. The largest absolute Gasteiger partial charge is 0.429 e. The second-order valence-electron chi connectivity index (χ2n) is 4.13. The van der Waals surface area contributed by atoms with Crippen molar-refractivity contribution in [2.45, 2.75) is 39.0 Å². The Morgan fingerprint density at radius 2 is 2.14 bits per heavy atom. The summed E-state index contributed by atoms with van der Waals surface area (Å²) >= 11 is 0. The number of hydrogen-bond donors (Lipinski definition) is 1. The SMILES string of the molecule is CNc1nc(CC2CCCC2)c(C)o1. The fraction of sp³-hybridized carbons (Fsp3) is 0.727. The van der Waals surface area contributed by atoms with E-state index in [0.29, 0.717) is 6.01 Å². The Labute approximate surface area is 84.9 Å². The molecule has 1 fully saturated rings. The molecule has 1 N–H and O–H groups in total. The zero-order valence-electron chi connectivity index (χ0n) is 8.97. The lowest BCUT2D eigenvalue weighted by molar-refractivity contribution is 0.516. The van der Waals surface area contributed by atoms with Crippen molar-refractivity contribution in [2.24, 2.45) is 5.92 Å². The van der Waals surface area contributed by atoms with E-state index in [4.69, 9.17) is 4.42 Å². The maximum Gasteiger partial charge on any atom is 0.294 e. The van der Waals surface area contributed by atoms with Crippen molar-refractivity contribution in [1.29, 1.82) is 0 Å². The van der Waals surface area contributed by atoms with Crippen molar-refractivity contribution in [3.63, 3.8) is 0 Å². The summed E-state index contributed by atoms with van der Waals surface area (Å²) in [6.45, 7) is 2.00. The quantitative estimate of drug-likeness (QED) is 0.804. The van der Waals surface area contributed by atoms with Crippen LogP contribution < -0.4 is 5.32 Å². The lowest BCUT2D eigenvalue weighted by Crippen LogP contribution is -2.00. The summed E-state index contributed by atoms with van der Waals surface area (Å²) in [4.78, 5) is 4.41. The lowest BCUT2D eigenvalue weighted by Gasteiger charge is -2.05. The molecule has 3 heteroatoms. The Balaban J connectivity index is 2.03. The summed E-state index contributed by atoms with van der Waals surface area (Å²) in [5, 5.41) is 2.94. The van der Waals surface area contributed by atoms with E-state index in [2.05, 4.69) is 10.3 Å². The monoisotopic (exact) mass is 194 g/mol. The minimum atomic E-state index is 0.649. The fourth-order valence-corrected chi connectivity index (χ4v) is 2.21. The number of aromatic nitrogens is 1. The smallest absolute Gasteiger partial charge is 0.294 e. The molecule has 0 unspecified atom stereocenters. The van der Waals surface area contributed by atoms with Gasteiger partial charge in [-0.3, -0.25) is 0 Å². The van der Waals surface area contributed by atoms with Gasteiger partial charge in [0, 0.05) is 7.05 Å². The summed E-state index contributed by atoms with van der Waals surface area (Å²) in [6.07, 6.45) is 6.60. The molecule has 78 valence electrons. The summed E-state index contributed by atoms with van der Waals surface area (Å²) in [5.41, 5.74) is 1.14. The maximum atomic E-state index is 5.45. The first-order valence-electron chi connectivity index (χ1n) is 5.43. The number of nitrogens with zero attached hydrogens (tertiary/aromatic N) is 1. The van der Waals surface area contributed by atoms with Gasteiger partial charge >= 0.3 is 0 Å². The van der Waals surface area contributed by atoms with Gasteiger partial charge in [-0.05, 0) is 19.3 Å². The number of nitrogens with one attached hydrogen (secondary N) is 1. The number of aryl methyl sites for hydroxylation is 1. The van der Waals surface area contributed by atoms with Crippen LogP contribution in [-0.2, 0) is 6.42 Å². The van der Waals surface area contributed by atoms with Crippen LogP contribution in [0.3, 0.4) is 0 Å². The van der Waals surface area contributed by atoms with E-state index < -0.39 is 0 Å². The molecule has 0 saturated heterocycles. The number of rotatable bonds is 3. The molecule has 0 aliphatic heterocycles. The molecular formula is C11H18N2O. The highest BCUT2D eigenvalue weighted by Gasteiger charge is 2.19. The first kappa shape index (κ1) is 9.56. The van der Waals surface area contributed by atoms with E-state index in [-0.39, 0.29) is 0 Å². The van der Waals surface area contributed by atoms with E-state index in [1.807, 2.05) is 14.0 Å². The van der Waals surface area contributed by atoms with Crippen molar-refractivity contribution in [3.8, 4) is 0 Å². The third kappa shape index (κ3) is 1.91. The van der Waals surface area contributed by atoms with Gasteiger partial charge < -0.3 is 9.73 Å². The van der Waals surface area contributed by atoms with Crippen LogP contribution in [0, 0.1) is 12.8 Å². The molecule has 14 heavy (non-hydrogen) atoms. The van der Waals surface area contributed by atoms with Crippen molar-refractivity contribution in [2.75, 3.05) is 12.4 Å². The van der Waals surface area contributed by atoms with Gasteiger partial charge in [0.1, 0.15) is 5.76 Å². The van der Waals surface area contributed by atoms with Gasteiger partial charge in [0.25, 0.3) is 6.01 Å².